The molecule has 9 heteroatoms. The highest BCUT2D eigenvalue weighted by Crippen LogP contribution is 2.32. The van der Waals surface area contributed by atoms with Crippen LogP contribution in [-0.4, -0.2) is 28.2 Å². The first kappa shape index (κ1) is 21.9. The Kier molecular flexibility index (Phi) is 6.39. The first-order chi connectivity index (χ1) is 14.9. The monoisotopic (exact) mass is 490 g/mol. The van der Waals surface area contributed by atoms with Gasteiger partial charge in [0.05, 0.1) is 38.7 Å². The maximum atomic E-state index is 13.5. The van der Waals surface area contributed by atoms with Crippen molar-refractivity contribution in [3.05, 3.63) is 78.7 Å². The first-order valence-electron chi connectivity index (χ1n) is 9.16. The molecule has 0 radical (unpaired) electrons. The van der Waals surface area contributed by atoms with Gasteiger partial charge in [-0.2, -0.15) is 0 Å². The Morgan fingerprint density at radius 2 is 1.97 bits per heavy atom. The van der Waals surface area contributed by atoms with Crippen LogP contribution in [0.4, 0.5) is 0 Å². The van der Waals surface area contributed by atoms with E-state index in [1.54, 1.807) is 42.5 Å². The molecule has 0 saturated carbocycles. The van der Waals surface area contributed by atoms with Crippen molar-refractivity contribution in [1.29, 1.82) is 0 Å². The van der Waals surface area contributed by atoms with Crippen LogP contribution in [0.1, 0.15) is 15.2 Å². The minimum Gasteiger partial charge on any atom is -0.495 e. The minimum absolute atomic E-state index is 0.0879. The highest BCUT2D eigenvalue weighted by atomic mass is 35.5. The molecule has 5 nitrogen and oxygen atoms in total. The SMILES string of the molecule is COc1cc(Cl)c(C)cc1-n1c(SCC(=O)c2ccc(Cl)s2)nc2ccccc2c1=O. The zero-order valence-corrected chi connectivity index (χ0v) is 19.7. The van der Waals surface area contributed by atoms with Crippen LogP contribution in [0.5, 0.6) is 5.75 Å². The summed E-state index contributed by atoms with van der Waals surface area (Å²) in [7, 11) is 1.51. The van der Waals surface area contributed by atoms with E-state index in [0.717, 1.165) is 5.56 Å². The van der Waals surface area contributed by atoms with E-state index in [1.165, 1.54) is 34.8 Å². The van der Waals surface area contributed by atoms with Crippen LogP contribution in [0, 0.1) is 6.92 Å². The van der Waals surface area contributed by atoms with Gasteiger partial charge in [0, 0.05) is 11.1 Å². The number of aryl methyl sites for hydroxylation is 1. The van der Waals surface area contributed by atoms with Gasteiger partial charge in [-0.3, -0.25) is 14.2 Å². The molecule has 0 aliphatic rings. The molecule has 2 heterocycles. The number of ether oxygens (including phenoxy) is 1. The van der Waals surface area contributed by atoms with Gasteiger partial charge in [-0.05, 0) is 42.8 Å². The Morgan fingerprint density at radius 3 is 2.68 bits per heavy atom. The lowest BCUT2D eigenvalue weighted by Crippen LogP contribution is -2.23. The third kappa shape index (κ3) is 4.36. The second-order valence-electron chi connectivity index (χ2n) is 6.64. The van der Waals surface area contributed by atoms with E-state index in [0.29, 0.717) is 41.7 Å². The van der Waals surface area contributed by atoms with E-state index >= 15 is 0 Å². The molecule has 158 valence electrons. The number of carbonyl (C=O) groups excluding carboxylic acids is 1. The topological polar surface area (TPSA) is 61.2 Å². The molecule has 0 N–H and O–H groups in total. The Bertz CT molecular complexity index is 1360. The summed E-state index contributed by atoms with van der Waals surface area (Å²) in [6, 6.07) is 13.9. The number of Topliss-reactive ketones (excluding diaryl/α,β-unsaturated/α-hetero) is 1. The number of hydrogen-bond donors (Lipinski definition) is 0. The predicted octanol–water partition coefficient (Wildman–Crippen LogP) is 6.05. The number of halogens is 2. The van der Waals surface area contributed by atoms with E-state index in [2.05, 4.69) is 4.98 Å². The maximum Gasteiger partial charge on any atom is 0.266 e. The summed E-state index contributed by atoms with van der Waals surface area (Å²) in [6.45, 7) is 1.85. The third-order valence-electron chi connectivity index (χ3n) is 4.63. The molecule has 0 fully saturated rings. The van der Waals surface area contributed by atoms with Crippen LogP contribution >= 0.6 is 46.3 Å². The summed E-state index contributed by atoms with van der Waals surface area (Å²) in [5, 5.41) is 1.39. The van der Waals surface area contributed by atoms with Gasteiger partial charge in [0.15, 0.2) is 10.9 Å². The minimum atomic E-state index is -0.250. The van der Waals surface area contributed by atoms with Gasteiger partial charge in [0.2, 0.25) is 0 Å². The number of carbonyl (C=O) groups is 1. The molecule has 0 unspecified atom stereocenters. The lowest BCUT2D eigenvalue weighted by atomic mass is 10.2. The molecule has 2 aromatic heterocycles. The van der Waals surface area contributed by atoms with Crippen LogP contribution in [0.2, 0.25) is 9.36 Å². The summed E-state index contributed by atoms with van der Waals surface area (Å²) in [4.78, 5) is 31.3. The standard InChI is InChI=1S/C22H16Cl2N2O3S2/c1-12-9-16(18(29-2)10-14(12)23)26-21(28)13-5-3-4-6-15(13)25-22(26)30-11-17(27)19-7-8-20(24)31-19/h3-10H,11H2,1-2H3. The van der Waals surface area contributed by atoms with Gasteiger partial charge in [0.25, 0.3) is 5.56 Å². The summed E-state index contributed by atoms with van der Waals surface area (Å²) in [6.07, 6.45) is 0. The van der Waals surface area contributed by atoms with Crippen LogP contribution in [0.3, 0.4) is 0 Å². The quantitative estimate of drug-likeness (QED) is 0.187. The average Bonchev–Trinajstić information content (AvgIpc) is 3.20. The molecule has 2 aromatic carbocycles. The van der Waals surface area contributed by atoms with Crippen molar-refractivity contribution in [1.82, 2.24) is 9.55 Å². The average molecular weight is 491 g/mol. The predicted molar refractivity (Wildman–Crippen MR) is 128 cm³/mol. The fourth-order valence-electron chi connectivity index (χ4n) is 3.07. The lowest BCUT2D eigenvalue weighted by molar-refractivity contribution is 0.102. The third-order valence-corrected chi connectivity index (χ3v) is 7.24. The molecule has 0 bridgehead atoms. The van der Waals surface area contributed by atoms with Crippen molar-refractivity contribution in [2.45, 2.75) is 12.1 Å². The molecule has 0 spiro atoms. The largest absolute Gasteiger partial charge is 0.495 e. The van der Waals surface area contributed by atoms with Crippen LogP contribution in [0.25, 0.3) is 16.6 Å². The van der Waals surface area contributed by atoms with Crippen molar-refractivity contribution in [3.8, 4) is 11.4 Å². The molecular weight excluding hydrogens is 475 g/mol. The van der Waals surface area contributed by atoms with Gasteiger partial charge >= 0.3 is 0 Å². The lowest BCUT2D eigenvalue weighted by Gasteiger charge is -2.17. The number of nitrogens with zero attached hydrogens (tertiary/aromatic N) is 2. The molecule has 0 amide bonds. The first-order valence-corrected chi connectivity index (χ1v) is 11.7. The summed E-state index contributed by atoms with van der Waals surface area (Å²) in [5.74, 6) is 0.458. The van der Waals surface area contributed by atoms with Gasteiger partial charge < -0.3 is 4.74 Å². The van der Waals surface area contributed by atoms with Crippen LogP contribution < -0.4 is 10.3 Å². The molecule has 0 aliphatic carbocycles. The zero-order valence-electron chi connectivity index (χ0n) is 16.5. The maximum absolute atomic E-state index is 13.5. The van der Waals surface area contributed by atoms with Gasteiger partial charge in [-0.15, -0.1) is 11.3 Å². The van der Waals surface area contributed by atoms with Crippen LogP contribution in [0.15, 0.2) is 58.5 Å². The normalized spacial score (nSPS) is 11.1. The van der Waals surface area contributed by atoms with E-state index in [-0.39, 0.29) is 17.1 Å². The van der Waals surface area contributed by atoms with Crippen molar-refractivity contribution in [3.63, 3.8) is 0 Å². The Morgan fingerprint density at radius 1 is 1.19 bits per heavy atom. The molecule has 0 atom stereocenters. The molecule has 0 saturated heterocycles. The molecule has 4 aromatic rings. The van der Waals surface area contributed by atoms with Gasteiger partial charge in [0.1, 0.15) is 5.75 Å². The summed E-state index contributed by atoms with van der Waals surface area (Å²) in [5.41, 5.74) is 1.61. The number of ketones is 1. The Labute approximate surface area is 196 Å². The molecule has 4 rings (SSSR count). The number of fused-ring (bicyclic) bond motifs is 1. The number of thioether (sulfide) groups is 1. The van der Waals surface area contributed by atoms with Gasteiger partial charge in [-0.1, -0.05) is 47.1 Å². The number of benzene rings is 2. The second kappa shape index (κ2) is 9.04. The van der Waals surface area contributed by atoms with Crippen molar-refractivity contribution >= 4 is 63.0 Å². The molecule has 31 heavy (non-hydrogen) atoms. The highest BCUT2D eigenvalue weighted by molar-refractivity contribution is 7.99. The summed E-state index contributed by atoms with van der Waals surface area (Å²) < 4.78 is 7.52. The summed E-state index contributed by atoms with van der Waals surface area (Å²) >= 11 is 14.6. The zero-order chi connectivity index (χ0) is 22.1. The van der Waals surface area contributed by atoms with Gasteiger partial charge in [-0.25, -0.2) is 4.98 Å². The number of aromatic nitrogens is 2. The fraction of sp³-hybridized carbons (Fsp3) is 0.136. The smallest absolute Gasteiger partial charge is 0.266 e. The van der Waals surface area contributed by atoms with Crippen molar-refractivity contribution in [2.75, 3.05) is 12.9 Å². The van der Waals surface area contributed by atoms with E-state index in [4.69, 9.17) is 27.9 Å². The van der Waals surface area contributed by atoms with E-state index in [9.17, 15) is 9.59 Å². The van der Waals surface area contributed by atoms with E-state index < -0.39 is 0 Å². The van der Waals surface area contributed by atoms with Crippen LogP contribution in [-0.2, 0) is 0 Å². The molecule has 0 aliphatic heterocycles. The highest BCUT2D eigenvalue weighted by Gasteiger charge is 2.19. The Balaban J connectivity index is 1.86. The number of para-hydroxylation sites is 1. The number of rotatable bonds is 6. The number of thiophene rings is 1. The number of methoxy groups -OCH3 is 1. The molecular formula is C22H16Cl2N2O3S2. The number of hydrogen-bond acceptors (Lipinski definition) is 6. The van der Waals surface area contributed by atoms with Crippen molar-refractivity contribution in [2.24, 2.45) is 0 Å². The second-order valence-corrected chi connectivity index (χ2v) is 9.71. The van der Waals surface area contributed by atoms with E-state index in [1.807, 2.05) is 13.0 Å². The Hall–Kier alpha value is -2.32. The fourth-order valence-corrected chi connectivity index (χ4v) is 5.19. The van der Waals surface area contributed by atoms with Crippen molar-refractivity contribution < 1.29 is 9.53 Å².